The summed E-state index contributed by atoms with van der Waals surface area (Å²) in [5, 5.41) is 5.04. The Labute approximate surface area is 135 Å². The summed E-state index contributed by atoms with van der Waals surface area (Å²) in [6, 6.07) is 10.1. The summed E-state index contributed by atoms with van der Waals surface area (Å²) in [6.07, 6.45) is 0.953. The fourth-order valence-corrected chi connectivity index (χ4v) is 2.25. The van der Waals surface area contributed by atoms with Crippen LogP contribution in [-0.2, 0) is 13.0 Å². The van der Waals surface area contributed by atoms with E-state index in [1.54, 1.807) is 12.1 Å². The molecule has 4 nitrogen and oxygen atoms in total. The van der Waals surface area contributed by atoms with E-state index < -0.39 is 11.8 Å². The van der Waals surface area contributed by atoms with Gasteiger partial charge in [0.1, 0.15) is 18.2 Å². The zero-order chi connectivity index (χ0) is 16.8. The van der Waals surface area contributed by atoms with Gasteiger partial charge in [0.2, 0.25) is 0 Å². The number of ether oxygens (including phenoxy) is 1. The van der Waals surface area contributed by atoms with Gasteiger partial charge in [-0.2, -0.15) is 0 Å². The van der Waals surface area contributed by atoms with Crippen molar-refractivity contribution in [2.75, 3.05) is 12.4 Å². The summed E-state index contributed by atoms with van der Waals surface area (Å²) < 4.78 is 19.8. The van der Waals surface area contributed by atoms with E-state index in [1.807, 2.05) is 19.1 Å². The number of benzene rings is 2. The molecule has 0 heterocycles. The summed E-state index contributed by atoms with van der Waals surface area (Å²) in [7, 11) is 1.50. The van der Waals surface area contributed by atoms with Crippen molar-refractivity contribution in [3.63, 3.8) is 0 Å². The number of rotatable bonds is 5. The van der Waals surface area contributed by atoms with E-state index >= 15 is 0 Å². The maximum Gasteiger partial charge on any atom is 0.318 e. The predicted molar refractivity (Wildman–Crippen MR) is 89.4 cm³/mol. The molecule has 23 heavy (non-hydrogen) atoms. The lowest BCUT2D eigenvalue weighted by Gasteiger charge is -2.14. The van der Waals surface area contributed by atoms with Gasteiger partial charge in [-0.3, -0.25) is 0 Å². The Morgan fingerprint density at radius 3 is 2.70 bits per heavy atom. The fourth-order valence-electron chi connectivity index (χ4n) is 2.25. The zero-order valence-corrected chi connectivity index (χ0v) is 13.6. The Hall–Kier alpha value is -2.56. The van der Waals surface area contributed by atoms with Gasteiger partial charge in [-0.25, -0.2) is 9.18 Å². The standard InChI is InChI=1S/C18H21FN2O2/c1-4-13-8-9-17(12(2)10-13)23-11-14-15(19)6-5-7-16(14)21-18(22)20-3/h5-10H,4,11H2,1-3H3,(H2,20,21,22). The first-order chi connectivity index (χ1) is 11.0. The van der Waals surface area contributed by atoms with Crippen molar-refractivity contribution in [3.05, 3.63) is 58.9 Å². The number of anilines is 1. The van der Waals surface area contributed by atoms with Crippen LogP contribution in [0.15, 0.2) is 36.4 Å². The lowest BCUT2D eigenvalue weighted by Crippen LogP contribution is -2.25. The van der Waals surface area contributed by atoms with Crippen LogP contribution in [0.3, 0.4) is 0 Å². The maximum absolute atomic E-state index is 14.1. The Bertz CT molecular complexity index is 701. The highest BCUT2D eigenvalue weighted by Gasteiger charge is 2.12. The van der Waals surface area contributed by atoms with Crippen molar-refractivity contribution in [1.82, 2.24) is 5.32 Å². The van der Waals surface area contributed by atoms with Crippen molar-refractivity contribution < 1.29 is 13.9 Å². The predicted octanol–water partition coefficient (Wildman–Crippen LogP) is 4.03. The van der Waals surface area contributed by atoms with Crippen molar-refractivity contribution >= 4 is 11.7 Å². The zero-order valence-electron chi connectivity index (χ0n) is 13.6. The number of hydrogen-bond donors (Lipinski definition) is 2. The molecule has 0 saturated carbocycles. The molecule has 5 heteroatoms. The number of aryl methyl sites for hydroxylation is 2. The summed E-state index contributed by atoms with van der Waals surface area (Å²) in [5.74, 6) is 0.290. The number of carbonyl (C=O) groups is 1. The van der Waals surface area contributed by atoms with Gasteiger partial charge >= 0.3 is 6.03 Å². The van der Waals surface area contributed by atoms with Crippen LogP contribution in [0, 0.1) is 12.7 Å². The molecule has 0 aliphatic carbocycles. The molecule has 0 aliphatic rings. The molecule has 0 spiro atoms. The number of halogens is 1. The van der Waals surface area contributed by atoms with Crippen LogP contribution < -0.4 is 15.4 Å². The normalized spacial score (nSPS) is 10.3. The highest BCUT2D eigenvalue weighted by molar-refractivity contribution is 5.89. The molecule has 0 saturated heterocycles. The fraction of sp³-hybridized carbons (Fsp3) is 0.278. The van der Waals surface area contributed by atoms with E-state index in [-0.39, 0.29) is 6.61 Å². The topological polar surface area (TPSA) is 50.4 Å². The average Bonchev–Trinajstić information content (AvgIpc) is 2.55. The van der Waals surface area contributed by atoms with Gasteiger partial charge in [0, 0.05) is 12.6 Å². The molecular formula is C18H21FN2O2. The van der Waals surface area contributed by atoms with Gasteiger partial charge in [-0.05, 0) is 42.7 Å². The number of hydrogen-bond acceptors (Lipinski definition) is 2. The highest BCUT2D eigenvalue weighted by Crippen LogP contribution is 2.24. The molecular weight excluding hydrogens is 295 g/mol. The average molecular weight is 316 g/mol. The summed E-state index contributed by atoms with van der Waals surface area (Å²) >= 11 is 0. The van der Waals surface area contributed by atoms with Crippen LogP contribution in [-0.4, -0.2) is 13.1 Å². The minimum Gasteiger partial charge on any atom is -0.488 e. The first kappa shape index (κ1) is 16.8. The third-order valence-corrected chi connectivity index (χ3v) is 3.61. The summed E-state index contributed by atoms with van der Waals surface area (Å²) in [6.45, 7) is 4.09. The quantitative estimate of drug-likeness (QED) is 0.875. The van der Waals surface area contributed by atoms with E-state index in [9.17, 15) is 9.18 Å². The van der Waals surface area contributed by atoms with E-state index in [4.69, 9.17) is 4.74 Å². The largest absolute Gasteiger partial charge is 0.488 e. The van der Waals surface area contributed by atoms with Crippen LogP contribution >= 0.6 is 0 Å². The Balaban J connectivity index is 2.18. The highest BCUT2D eigenvalue weighted by atomic mass is 19.1. The van der Waals surface area contributed by atoms with Crippen LogP contribution in [0.25, 0.3) is 0 Å². The second-order valence-electron chi connectivity index (χ2n) is 5.21. The molecule has 0 aromatic heterocycles. The minimum absolute atomic E-state index is 0.0400. The van der Waals surface area contributed by atoms with Crippen molar-refractivity contribution in [3.8, 4) is 5.75 Å². The van der Waals surface area contributed by atoms with Crippen LogP contribution in [0.5, 0.6) is 5.75 Å². The second-order valence-corrected chi connectivity index (χ2v) is 5.21. The molecule has 2 amide bonds. The van der Waals surface area contributed by atoms with Crippen molar-refractivity contribution in [1.29, 1.82) is 0 Å². The molecule has 0 bridgehead atoms. The smallest absolute Gasteiger partial charge is 0.318 e. The molecule has 2 N–H and O–H groups in total. The van der Waals surface area contributed by atoms with Gasteiger partial charge in [-0.1, -0.05) is 25.1 Å². The number of amides is 2. The van der Waals surface area contributed by atoms with Gasteiger partial charge in [-0.15, -0.1) is 0 Å². The number of carbonyl (C=O) groups excluding carboxylic acids is 1. The number of urea groups is 1. The lowest BCUT2D eigenvalue weighted by atomic mass is 10.1. The number of nitrogens with one attached hydrogen (secondary N) is 2. The Kier molecular flexibility index (Phi) is 5.57. The van der Waals surface area contributed by atoms with Gasteiger partial charge in [0.25, 0.3) is 0 Å². The molecule has 2 aromatic carbocycles. The molecule has 0 fully saturated rings. The van der Waals surface area contributed by atoms with E-state index in [0.29, 0.717) is 17.0 Å². The third-order valence-electron chi connectivity index (χ3n) is 3.61. The molecule has 2 rings (SSSR count). The first-order valence-electron chi connectivity index (χ1n) is 7.53. The Morgan fingerprint density at radius 2 is 2.04 bits per heavy atom. The first-order valence-corrected chi connectivity index (χ1v) is 7.53. The van der Waals surface area contributed by atoms with Crippen LogP contribution in [0.2, 0.25) is 0 Å². The molecule has 2 aromatic rings. The van der Waals surface area contributed by atoms with Gasteiger partial charge < -0.3 is 15.4 Å². The van der Waals surface area contributed by atoms with E-state index in [1.165, 1.54) is 18.7 Å². The molecule has 0 aliphatic heterocycles. The maximum atomic E-state index is 14.1. The van der Waals surface area contributed by atoms with Crippen molar-refractivity contribution in [2.24, 2.45) is 0 Å². The van der Waals surface area contributed by atoms with Gasteiger partial charge in [0.15, 0.2) is 0 Å². The molecule has 0 atom stereocenters. The van der Waals surface area contributed by atoms with E-state index in [0.717, 1.165) is 12.0 Å². The van der Waals surface area contributed by atoms with Crippen molar-refractivity contribution in [2.45, 2.75) is 26.9 Å². The van der Waals surface area contributed by atoms with E-state index in [2.05, 4.69) is 23.6 Å². The molecule has 0 radical (unpaired) electrons. The van der Waals surface area contributed by atoms with Gasteiger partial charge in [0.05, 0.1) is 5.69 Å². The molecule has 122 valence electrons. The summed E-state index contributed by atoms with van der Waals surface area (Å²) in [5.41, 5.74) is 2.94. The minimum atomic E-state index is -0.415. The Morgan fingerprint density at radius 1 is 1.26 bits per heavy atom. The lowest BCUT2D eigenvalue weighted by molar-refractivity contribution is 0.254. The van der Waals surface area contributed by atoms with Crippen LogP contribution in [0.4, 0.5) is 14.9 Å². The second kappa shape index (κ2) is 7.63. The SMILES string of the molecule is CCc1ccc(OCc2c(F)cccc2NC(=O)NC)c(C)c1. The molecule has 0 unspecified atom stereocenters. The van der Waals surface area contributed by atoms with Crippen LogP contribution in [0.1, 0.15) is 23.6 Å². The third kappa shape index (κ3) is 4.22. The summed E-state index contributed by atoms with van der Waals surface area (Å²) in [4.78, 5) is 11.5. The monoisotopic (exact) mass is 316 g/mol.